The largest absolute Gasteiger partial charge is 0.383 e. The monoisotopic (exact) mass is 366 g/mol. The molecule has 8 heteroatoms. The molecule has 0 spiro atoms. The number of nitrogens with one attached hydrogen (secondary N) is 2. The lowest BCUT2D eigenvalue weighted by Gasteiger charge is -2.55. The first kappa shape index (κ1) is 20.6. The summed E-state index contributed by atoms with van der Waals surface area (Å²) in [6, 6.07) is 0.345. The van der Waals surface area contributed by atoms with Gasteiger partial charge in [-0.3, -0.25) is 0 Å². The fourth-order valence-corrected chi connectivity index (χ4v) is 3.81. The molecule has 0 aliphatic heterocycles. The number of hydrogen-bond acceptors (Lipinski definition) is 5. The highest BCUT2D eigenvalue weighted by atomic mass is 16.5. The Bertz CT molecular complexity index is 597. The molecule has 1 aromatic heterocycles. The van der Waals surface area contributed by atoms with Crippen LogP contribution in [0.25, 0.3) is 0 Å². The fourth-order valence-electron chi connectivity index (χ4n) is 3.81. The minimum atomic E-state index is 0.153. The van der Waals surface area contributed by atoms with Gasteiger partial charge in [-0.1, -0.05) is 13.8 Å². The molecule has 2 unspecified atom stereocenters. The van der Waals surface area contributed by atoms with Gasteiger partial charge in [0.05, 0.1) is 12.7 Å². The van der Waals surface area contributed by atoms with Crippen LogP contribution in [0.5, 0.6) is 0 Å². The lowest BCUT2D eigenvalue weighted by atomic mass is 9.58. The van der Waals surface area contributed by atoms with Crippen molar-refractivity contribution in [2.24, 2.45) is 17.5 Å². The average molecular weight is 367 g/mol. The molecule has 0 bridgehead atoms. The summed E-state index contributed by atoms with van der Waals surface area (Å²) in [4.78, 5) is 4.72. The molecule has 1 aliphatic carbocycles. The second-order valence-corrected chi connectivity index (χ2v) is 6.90. The molecule has 1 heterocycles. The second kappa shape index (κ2) is 9.32. The number of ether oxygens (including phenoxy) is 2. The van der Waals surface area contributed by atoms with E-state index < -0.39 is 0 Å². The standard InChI is InChI=1S/C18H34N6O2/c1-7-18(8-2)14(11-15(18)26-6)21-17(19-9-10-25-5)20-12-16-23-22-13(3)24(16)4/h14-15H,7-12H2,1-6H3,(H2,19,20,21). The van der Waals surface area contributed by atoms with Crippen LogP contribution in [-0.4, -0.2) is 60.2 Å². The molecule has 148 valence electrons. The second-order valence-electron chi connectivity index (χ2n) is 6.90. The number of hydrogen-bond donors (Lipinski definition) is 2. The van der Waals surface area contributed by atoms with Crippen molar-refractivity contribution >= 4 is 5.96 Å². The molecule has 0 radical (unpaired) electrons. The first-order chi connectivity index (χ1) is 12.5. The van der Waals surface area contributed by atoms with Crippen molar-refractivity contribution in [3.8, 4) is 0 Å². The van der Waals surface area contributed by atoms with E-state index in [0.717, 1.165) is 36.9 Å². The van der Waals surface area contributed by atoms with E-state index in [1.807, 2.05) is 25.6 Å². The van der Waals surface area contributed by atoms with Crippen molar-refractivity contribution in [2.45, 2.75) is 58.7 Å². The molecule has 0 aromatic carbocycles. The zero-order chi connectivity index (χ0) is 19.2. The predicted octanol–water partition coefficient (Wildman–Crippen LogP) is 1.40. The smallest absolute Gasteiger partial charge is 0.192 e. The van der Waals surface area contributed by atoms with Crippen molar-refractivity contribution in [1.29, 1.82) is 0 Å². The van der Waals surface area contributed by atoms with Gasteiger partial charge in [0.2, 0.25) is 0 Å². The average Bonchev–Trinajstić information content (AvgIpc) is 2.95. The Hall–Kier alpha value is -1.67. The summed E-state index contributed by atoms with van der Waals surface area (Å²) in [6.07, 6.45) is 3.45. The van der Waals surface area contributed by atoms with Gasteiger partial charge in [-0.15, -0.1) is 10.2 Å². The van der Waals surface area contributed by atoms with Crippen LogP contribution in [0, 0.1) is 12.3 Å². The fraction of sp³-hybridized carbons (Fsp3) is 0.833. The molecule has 1 fully saturated rings. The molecule has 8 nitrogen and oxygen atoms in total. The highest BCUT2D eigenvalue weighted by Gasteiger charge is 2.53. The van der Waals surface area contributed by atoms with Gasteiger partial charge in [-0.25, -0.2) is 4.99 Å². The first-order valence-electron chi connectivity index (χ1n) is 9.43. The molecule has 0 amide bonds. The number of aromatic nitrogens is 3. The maximum atomic E-state index is 5.70. The maximum absolute atomic E-state index is 5.70. The molecular weight excluding hydrogens is 332 g/mol. The number of guanidine groups is 1. The maximum Gasteiger partial charge on any atom is 0.192 e. The highest BCUT2D eigenvalue weighted by Crippen LogP contribution is 2.48. The number of methoxy groups -OCH3 is 2. The lowest BCUT2D eigenvalue weighted by Crippen LogP contribution is -2.65. The number of aryl methyl sites for hydroxylation is 1. The van der Waals surface area contributed by atoms with Crippen molar-refractivity contribution in [3.63, 3.8) is 0 Å². The minimum Gasteiger partial charge on any atom is -0.383 e. The van der Waals surface area contributed by atoms with Crippen LogP contribution in [0.1, 0.15) is 44.8 Å². The third-order valence-electron chi connectivity index (χ3n) is 5.86. The van der Waals surface area contributed by atoms with Crippen molar-refractivity contribution in [1.82, 2.24) is 25.4 Å². The summed E-state index contributed by atoms with van der Waals surface area (Å²) in [7, 11) is 5.46. The molecule has 1 saturated carbocycles. The first-order valence-corrected chi connectivity index (χ1v) is 9.43. The Balaban J connectivity index is 2.09. The summed E-state index contributed by atoms with van der Waals surface area (Å²) in [5, 5.41) is 15.2. The molecule has 2 atom stereocenters. The summed E-state index contributed by atoms with van der Waals surface area (Å²) < 4.78 is 12.8. The Morgan fingerprint density at radius 2 is 2.04 bits per heavy atom. The van der Waals surface area contributed by atoms with E-state index in [-0.39, 0.29) is 5.41 Å². The Kier molecular flexibility index (Phi) is 7.40. The molecule has 2 N–H and O–H groups in total. The molecule has 0 saturated heterocycles. The van der Waals surface area contributed by atoms with Crippen LogP contribution in [-0.2, 0) is 23.1 Å². The summed E-state index contributed by atoms with van der Waals surface area (Å²) >= 11 is 0. The molecule has 26 heavy (non-hydrogen) atoms. The quantitative estimate of drug-likeness (QED) is 0.390. The summed E-state index contributed by atoms with van der Waals surface area (Å²) in [6.45, 7) is 8.22. The van der Waals surface area contributed by atoms with E-state index in [1.54, 1.807) is 7.11 Å². The van der Waals surface area contributed by atoms with Gasteiger partial charge in [0.25, 0.3) is 0 Å². The predicted molar refractivity (Wildman–Crippen MR) is 102 cm³/mol. The number of rotatable bonds is 9. The van der Waals surface area contributed by atoms with Crippen molar-refractivity contribution in [3.05, 3.63) is 11.6 Å². The van der Waals surface area contributed by atoms with Crippen molar-refractivity contribution < 1.29 is 9.47 Å². The van der Waals surface area contributed by atoms with Crippen LogP contribution in [0.3, 0.4) is 0 Å². The van der Waals surface area contributed by atoms with Gasteiger partial charge < -0.3 is 24.7 Å². The number of nitrogens with zero attached hydrogens (tertiary/aromatic N) is 4. The van der Waals surface area contributed by atoms with Crippen LogP contribution in [0.4, 0.5) is 0 Å². The van der Waals surface area contributed by atoms with Crippen LogP contribution < -0.4 is 10.6 Å². The van der Waals surface area contributed by atoms with Crippen molar-refractivity contribution in [2.75, 3.05) is 27.4 Å². The lowest BCUT2D eigenvalue weighted by molar-refractivity contribution is -0.118. The topological polar surface area (TPSA) is 85.6 Å². The Labute approximate surface area is 156 Å². The Morgan fingerprint density at radius 3 is 2.58 bits per heavy atom. The SMILES string of the molecule is CCC1(CC)C(NC(=NCc2nnc(C)n2C)NCCOC)CC1OC. The zero-order valence-electron chi connectivity index (χ0n) is 17.0. The van der Waals surface area contributed by atoms with Crippen LogP contribution in [0.15, 0.2) is 4.99 Å². The third-order valence-corrected chi connectivity index (χ3v) is 5.86. The zero-order valence-corrected chi connectivity index (χ0v) is 17.0. The van der Waals surface area contributed by atoms with Gasteiger partial charge in [-0.05, 0) is 26.2 Å². The summed E-state index contributed by atoms with van der Waals surface area (Å²) in [5.74, 6) is 2.51. The van der Waals surface area contributed by atoms with E-state index in [4.69, 9.17) is 14.5 Å². The summed E-state index contributed by atoms with van der Waals surface area (Å²) in [5.41, 5.74) is 0.153. The molecule has 1 aliphatic rings. The number of aliphatic imine (C=N–C) groups is 1. The van der Waals surface area contributed by atoms with Gasteiger partial charge in [-0.2, -0.15) is 0 Å². The Morgan fingerprint density at radius 1 is 1.31 bits per heavy atom. The molecule has 2 rings (SSSR count). The molecular formula is C18H34N6O2. The van der Waals surface area contributed by atoms with E-state index in [2.05, 4.69) is 34.7 Å². The van der Waals surface area contributed by atoms with E-state index in [0.29, 0.717) is 31.8 Å². The van der Waals surface area contributed by atoms with Gasteiger partial charge >= 0.3 is 0 Å². The van der Waals surface area contributed by atoms with E-state index in [1.165, 1.54) is 0 Å². The molecule has 1 aromatic rings. The van der Waals surface area contributed by atoms with Gasteiger partial charge in [0.1, 0.15) is 12.4 Å². The minimum absolute atomic E-state index is 0.153. The van der Waals surface area contributed by atoms with Crippen LogP contribution in [0.2, 0.25) is 0 Å². The van der Waals surface area contributed by atoms with E-state index in [9.17, 15) is 0 Å². The van der Waals surface area contributed by atoms with E-state index >= 15 is 0 Å². The van der Waals surface area contributed by atoms with Crippen LogP contribution >= 0.6 is 0 Å². The van der Waals surface area contributed by atoms with Gasteiger partial charge in [0, 0.05) is 39.3 Å². The van der Waals surface area contributed by atoms with Gasteiger partial charge in [0.15, 0.2) is 11.8 Å². The normalized spacial score (nSPS) is 22.2. The highest BCUT2D eigenvalue weighted by molar-refractivity contribution is 5.80. The third kappa shape index (κ3) is 4.17.